The van der Waals surface area contributed by atoms with E-state index in [1.807, 2.05) is 12.4 Å². The summed E-state index contributed by atoms with van der Waals surface area (Å²) in [4.78, 5) is 4.02. The highest BCUT2D eigenvalue weighted by molar-refractivity contribution is 5.09. The van der Waals surface area contributed by atoms with Gasteiger partial charge in [-0.2, -0.15) is 0 Å². The van der Waals surface area contributed by atoms with E-state index in [1.165, 1.54) is 31.2 Å². The Balaban J connectivity index is 2.29. The normalized spacial score (nSPS) is 11.6. The molecule has 0 radical (unpaired) electrons. The van der Waals surface area contributed by atoms with Gasteiger partial charge in [0.05, 0.1) is 0 Å². The van der Waals surface area contributed by atoms with Gasteiger partial charge >= 0.3 is 0 Å². The lowest BCUT2D eigenvalue weighted by Crippen LogP contribution is -2.09. The van der Waals surface area contributed by atoms with Crippen LogP contribution in [0.2, 0.25) is 0 Å². The second-order valence-corrected chi connectivity index (χ2v) is 4.73. The Morgan fingerprint density at radius 1 is 1.21 bits per heavy atom. The van der Waals surface area contributed by atoms with Crippen molar-refractivity contribution in [2.45, 2.75) is 46.5 Å². The number of rotatable bonds is 5. The predicted molar refractivity (Wildman–Crippen MR) is 61.2 cm³/mol. The summed E-state index contributed by atoms with van der Waals surface area (Å²) in [6.07, 6.45) is 8.80. The quantitative estimate of drug-likeness (QED) is 0.689. The minimum absolute atomic E-state index is 0.507. The van der Waals surface area contributed by atoms with Crippen LogP contribution in [0.15, 0.2) is 24.5 Å². The summed E-state index contributed by atoms with van der Waals surface area (Å²) >= 11 is 0. The molecule has 0 saturated carbocycles. The molecule has 0 saturated heterocycles. The summed E-state index contributed by atoms with van der Waals surface area (Å²) in [5, 5.41) is 0. The highest BCUT2D eigenvalue weighted by Gasteiger charge is 2.13. The predicted octanol–water partition coefficient (Wildman–Crippen LogP) is 3.84. The zero-order valence-corrected chi connectivity index (χ0v) is 9.59. The van der Waals surface area contributed by atoms with E-state index in [0.717, 1.165) is 0 Å². The maximum atomic E-state index is 4.02. The van der Waals surface area contributed by atoms with Crippen LogP contribution in [0.5, 0.6) is 0 Å². The molecule has 0 aromatic carbocycles. The fourth-order valence-electron chi connectivity index (χ4n) is 1.50. The second kappa shape index (κ2) is 5.14. The molecular formula is C13H21N. The first kappa shape index (κ1) is 11.2. The molecule has 0 aliphatic rings. The third kappa shape index (κ3) is 3.91. The van der Waals surface area contributed by atoms with Crippen LogP contribution in [0, 0.1) is 5.41 Å². The Kier molecular flexibility index (Phi) is 4.12. The number of aryl methyl sites for hydroxylation is 1. The van der Waals surface area contributed by atoms with Crippen LogP contribution in [-0.4, -0.2) is 4.98 Å². The van der Waals surface area contributed by atoms with Gasteiger partial charge < -0.3 is 0 Å². The zero-order chi connectivity index (χ0) is 10.4. The first-order chi connectivity index (χ1) is 6.64. The van der Waals surface area contributed by atoms with Gasteiger partial charge in [0.2, 0.25) is 0 Å². The molecule has 1 rings (SSSR count). The van der Waals surface area contributed by atoms with Crippen molar-refractivity contribution in [2.75, 3.05) is 0 Å². The van der Waals surface area contributed by atoms with Gasteiger partial charge in [0.25, 0.3) is 0 Å². The van der Waals surface area contributed by atoms with E-state index >= 15 is 0 Å². The summed E-state index contributed by atoms with van der Waals surface area (Å²) < 4.78 is 0. The Bertz CT molecular complexity index is 251. The minimum Gasteiger partial charge on any atom is -0.265 e. The van der Waals surface area contributed by atoms with E-state index < -0.39 is 0 Å². The number of hydrogen-bond donors (Lipinski definition) is 0. The molecule has 1 aromatic rings. The summed E-state index contributed by atoms with van der Waals surface area (Å²) in [5.74, 6) is 0. The maximum Gasteiger partial charge on any atom is 0.0270 e. The van der Waals surface area contributed by atoms with Crippen molar-refractivity contribution in [1.29, 1.82) is 0 Å². The highest BCUT2D eigenvalue weighted by atomic mass is 14.6. The maximum absolute atomic E-state index is 4.02. The third-order valence-electron chi connectivity index (χ3n) is 3.03. The second-order valence-electron chi connectivity index (χ2n) is 4.73. The van der Waals surface area contributed by atoms with Crippen molar-refractivity contribution in [2.24, 2.45) is 5.41 Å². The van der Waals surface area contributed by atoms with Crippen molar-refractivity contribution in [1.82, 2.24) is 4.98 Å². The van der Waals surface area contributed by atoms with E-state index in [2.05, 4.69) is 37.9 Å². The van der Waals surface area contributed by atoms with Crippen LogP contribution >= 0.6 is 0 Å². The molecule has 1 heteroatoms. The lowest BCUT2D eigenvalue weighted by atomic mass is 9.84. The molecule has 0 amide bonds. The first-order valence-electron chi connectivity index (χ1n) is 5.53. The summed E-state index contributed by atoms with van der Waals surface area (Å²) in [6, 6.07) is 4.22. The molecule has 0 N–H and O–H groups in total. The fraction of sp³-hybridized carbons (Fsp3) is 0.615. The number of nitrogens with zero attached hydrogens (tertiary/aromatic N) is 1. The Labute approximate surface area is 87.6 Å². The molecule has 14 heavy (non-hydrogen) atoms. The average Bonchev–Trinajstić information content (AvgIpc) is 2.19. The van der Waals surface area contributed by atoms with Gasteiger partial charge in [-0.3, -0.25) is 4.98 Å². The molecule has 0 fully saturated rings. The van der Waals surface area contributed by atoms with Gasteiger partial charge in [-0.1, -0.05) is 27.2 Å². The van der Waals surface area contributed by atoms with Crippen molar-refractivity contribution < 1.29 is 0 Å². The molecule has 1 aromatic heterocycles. The molecule has 1 heterocycles. The topological polar surface area (TPSA) is 12.9 Å². The lowest BCUT2D eigenvalue weighted by molar-refractivity contribution is 0.313. The van der Waals surface area contributed by atoms with Crippen molar-refractivity contribution in [3.05, 3.63) is 30.1 Å². The SMILES string of the molecule is CCC(C)(C)CCCc1ccncc1. The van der Waals surface area contributed by atoms with Crippen molar-refractivity contribution >= 4 is 0 Å². The first-order valence-corrected chi connectivity index (χ1v) is 5.53. The van der Waals surface area contributed by atoms with Gasteiger partial charge in [-0.25, -0.2) is 0 Å². The summed E-state index contributed by atoms with van der Waals surface area (Å²) in [7, 11) is 0. The smallest absolute Gasteiger partial charge is 0.0270 e. The van der Waals surface area contributed by atoms with Crippen LogP contribution in [0.4, 0.5) is 0 Å². The van der Waals surface area contributed by atoms with Gasteiger partial charge in [-0.15, -0.1) is 0 Å². The number of hydrogen-bond acceptors (Lipinski definition) is 1. The van der Waals surface area contributed by atoms with Crippen LogP contribution in [0.1, 0.15) is 45.6 Å². The number of pyridine rings is 1. The standard InChI is InChI=1S/C13H21N/c1-4-13(2,3)9-5-6-12-7-10-14-11-8-12/h7-8,10-11H,4-6,9H2,1-3H3. The van der Waals surface area contributed by atoms with E-state index in [4.69, 9.17) is 0 Å². The molecule has 0 bridgehead atoms. The Morgan fingerprint density at radius 3 is 2.43 bits per heavy atom. The van der Waals surface area contributed by atoms with Crippen LogP contribution < -0.4 is 0 Å². The molecule has 0 aliphatic carbocycles. The molecule has 0 atom stereocenters. The van der Waals surface area contributed by atoms with Gasteiger partial charge in [0.15, 0.2) is 0 Å². The van der Waals surface area contributed by atoms with Crippen LogP contribution in [-0.2, 0) is 6.42 Å². The molecule has 78 valence electrons. The molecule has 0 aliphatic heterocycles. The molecule has 1 nitrogen and oxygen atoms in total. The van der Waals surface area contributed by atoms with E-state index in [0.29, 0.717) is 5.41 Å². The van der Waals surface area contributed by atoms with E-state index in [1.54, 1.807) is 0 Å². The largest absolute Gasteiger partial charge is 0.265 e. The Morgan fingerprint density at radius 2 is 1.86 bits per heavy atom. The minimum atomic E-state index is 0.507. The van der Waals surface area contributed by atoms with E-state index in [9.17, 15) is 0 Å². The molecule has 0 spiro atoms. The summed E-state index contributed by atoms with van der Waals surface area (Å²) in [5.41, 5.74) is 1.92. The van der Waals surface area contributed by atoms with Crippen molar-refractivity contribution in [3.63, 3.8) is 0 Å². The fourth-order valence-corrected chi connectivity index (χ4v) is 1.50. The molecule has 0 unspecified atom stereocenters. The average molecular weight is 191 g/mol. The molecular weight excluding hydrogens is 170 g/mol. The van der Waals surface area contributed by atoms with E-state index in [-0.39, 0.29) is 0 Å². The van der Waals surface area contributed by atoms with Gasteiger partial charge in [0, 0.05) is 12.4 Å². The monoisotopic (exact) mass is 191 g/mol. The highest BCUT2D eigenvalue weighted by Crippen LogP contribution is 2.26. The van der Waals surface area contributed by atoms with Crippen molar-refractivity contribution in [3.8, 4) is 0 Å². The Hall–Kier alpha value is -0.850. The summed E-state index contributed by atoms with van der Waals surface area (Å²) in [6.45, 7) is 6.96. The third-order valence-corrected chi connectivity index (χ3v) is 3.03. The van der Waals surface area contributed by atoms with Crippen LogP contribution in [0.3, 0.4) is 0 Å². The van der Waals surface area contributed by atoms with Gasteiger partial charge in [-0.05, 0) is 42.4 Å². The number of aromatic nitrogens is 1. The zero-order valence-electron chi connectivity index (χ0n) is 9.59. The lowest BCUT2D eigenvalue weighted by Gasteiger charge is -2.22. The van der Waals surface area contributed by atoms with Gasteiger partial charge in [0.1, 0.15) is 0 Å². The van der Waals surface area contributed by atoms with Crippen LogP contribution in [0.25, 0.3) is 0 Å².